The van der Waals surface area contributed by atoms with E-state index < -0.39 is 6.17 Å². The summed E-state index contributed by atoms with van der Waals surface area (Å²) < 4.78 is 13.0. The van der Waals surface area contributed by atoms with E-state index in [0.717, 1.165) is 0 Å². The van der Waals surface area contributed by atoms with Crippen molar-refractivity contribution in [3.8, 4) is 0 Å². The van der Waals surface area contributed by atoms with Gasteiger partial charge in [-0.1, -0.05) is 32.9 Å². The Morgan fingerprint density at radius 2 is 2.00 bits per heavy atom. The SMILES string of the molecule is CN1C[C@H](F)CC1/C=C/C(C)(C)C. The Hall–Kier alpha value is -0.370. The summed E-state index contributed by atoms with van der Waals surface area (Å²) in [5.41, 5.74) is 0.204. The van der Waals surface area contributed by atoms with Crippen LogP contribution in [0.25, 0.3) is 0 Å². The Morgan fingerprint density at radius 1 is 1.38 bits per heavy atom. The lowest BCUT2D eigenvalue weighted by Crippen LogP contribution is -2.23. The summed E-state index contributed by atoms with van der Waals surface area (Å²) in [6.45, 7) is 7.06. The Morgan fingerprint density at radius 3 is 2.38 bits per heavy atom. The van der Waals surface area contributed by atoms with Crippen LogP contribution in [-0.4, -0.2) is 30.7 Å². The topological polar surface area (TPSA) is 3.24 Å². The smallest absolute Gasteiger partial charge is 0.115 e. The molecule has 2 heteroatoms. The molecule has 1 aliphatic rings. The number of likely N-dealkylation sites (tertiary alicyclic amines) is 1. The van der Waals surface area contributed by atoms with E-state index in [9.17, 15) is 4.39 Å². The first kappa shape index (κ1) is 10.7. The molecular weight excluding hydrogens is 165 g/mol. The van der Waals surface area contributed by atoms with Crippen molar-refractivity contribution in [2.24, 2.45) is 5.41 Å². The summed E-state index contributed by atoms with van der Waals surface area (Å²) in [6.07, 6.45) is 4.33. The monoisotopic (exact) mass is 185 g/mol. The molecule has 0 aromatic carbocycles. The second-order valence-electron chi connectivity index (χ2n) is 5.07. The number of rotatable bonds is 1. The lowest BCUT2D eigenvalue weighted by atomic mass is 9.95. The van der Waals surface area contributed by atoms with Crippen molar-refractivity contribution in [3.05, 3.63) is 12.2 Å². The van der Waals surface area contributed by atoms with Crippen molar-refractivity contribution in [1.29, 1.82) is 0 Å². The Balaban J connectivity index is 2.50. The Kier molecular flexibility index (Phi) is 3.12. The average Bonchev–Trinajstić information content (AvgIpc) is 2.24. The van der Waals surface area contributed by atoms with E-state index in [-0.39, 0.29) is 5.41 Å². The lowest BCUT2D eigenvalue weighted by molar-refractivity contribution is 0.311. The minimum absolute atomic E-state index is 0.204. The molecule has 0 saturated carbocycles. The van der Waals surface area contributed by atoms with Crippen LogP contribution in [0.4, 0.5) is 4.39 Å². The van der Waals surface area contributed by atoms with Crippen LogP contribution in [0.15, 0.2) is 12.2 Å². The molecule has 0 bridgehead atoms. The van der Waals surface area contributed by atoms with Crippen LogP contribution in [0, 0.1) is 5.41 Å². The molecule has 1 heterocycles. The molecule has 13 heavy (non-hydrogen) atoms. The second kappa shape index (κ2) is 3.79. The maximum atomic E-state index is 13.0. The molecule has 2 atom stereocenters. The highest BCUT2D eigenvalue weighted by atomic mass is 19.1. The van der Waals surface area contributed by atoms with Gasteiger partial charge in [0, 0.05) is 12.6 Å². The molecule has 0 radical (unpaired) electrons. The number of hydrogen-bond acceptors (Lipinski definition) is 1. The summed E-state index contributed by atoms with van der Waals surface area (Å²) in [7, 11) is 1.98. The zero-order chi connectivity index (χ0) is 10.1. The number of likely N-dealkylation sites (N-methyl/N-ethyl adjacent to an activating group) is 1. The van der Waals surface area contributed by atoms with Gasteiger partial charge < -0.3 is 0 Å². The quantitative estimate of drug-likeness (QED) is 0.568. The Bertz CT molecular complexity index is 193. The fraction of sp³-hybridized carbons (Fsp3) is 0.818. The van der Waals surface area contributed by atoms with Gasteiger partial charge in [0.15, 0.2) is 0 Å². The number of alkyl halides is 1. The van der Waals surface area contributed by atoms with Crippen LogP contribution < -0.4 is 0 Å². The summed E-state index contributed by atoms with van der Waals surface area (Å²) in [4.78, 5) is 2.08. The van der Waals surface area contributed by atoms with Crippen LogP contribution in [0.2, 0.25) is 0 Å². The van der Waals surface area contributed by atoms with Crippen LogP contribution in [0.1, 0.15) is 27.2 Å². The molecule has 0 aliphatic carbocycles. The molecule has 1 rings (SSSR count). The normalized spacial score (nSPS) is 31.8. The van der Waals surface area contributed by atoms with E-state index in [2.05, 4.69) is 37.8 Å². The van der Waals surface area contributed by atoms with E-state index in [1.54, 1.807) is 0 Å². The Labute approximate surface area is 80.6 Å². The first-order valence-corrected chi connectivity index (χ1v) is 4.92. The third-order valence-electron chi connectivity index (χ3n) is 2.37. The number of nitrogens with zero attached hydrogens (tertiary/aromatic N) is 1. The van der Waals surface area contributed by atoms with Crippen molar-refractivity contribution >= 4 is 0 Å². The van der Waals surface area contributed by atoms with E-state index >= 15 is 0 Å². The summed E-state index contributed by atoms with van der Waals surface area (Å²) >= 11 is 0. The van der Waals surface area contributed by atoms with E-state index in [1.165, 1.54) is 0 Å². The summed E-state index contributed by atoms with van der Waals surface area (Å²) in [5.74, 6) is 0. The molecular formula is C11H20FN. The molecule has 0 amide bonds. The molecule has 0 aromatic heterocycles. The fourth-order valence-corrected chi connectivity index (χ4v) is 1.59. The van der Waals surface area contributed by atoms with Crippen molar-refractivity contribution in [2.75, 3.05) is 13.6 Å². The molecule has 1 fully saturated rings. The molecule has 76 valence electrons. The maximum absolute atomic E-state index is 13.0. The first-order valence-electron chi connectivity index (χ1n) is 4.92. The molecule has 1 unspecified atom stereocenters. The van der Waals surface area contributed by atoms with Gasteiger partial charge in [-0.25, -0.2) is 4.39 Å². The van der Waals surface area contributed by atoms with Gasteiger partial charge in [-0.3, -0.25) is 4.90 Å². The largest absolute Gasteiger partial charge is 0.297 e. The molecule has 1 saturated heterocycles. The minimum atomic E-state index is -0.639. The van der Waals surface area contributed by atoms with Gasteiger partial charge in [0.1, 0.15) is 6.17 Å². The number of hydrogen-bond donors (Lipinski definition) is 0. The number of allylic oxidation sites excluding steroid dienone is 1. The van der Waals surface area contributed by atoms with Crippen LogP contribution in [0.5, 0.6) is 0 Å². The average molecular weight is 185 g/mol. The third-order valence-corrected chi connectivity index (χ3v) is 2.37. The van der Waals surface area contributed by atoms with Gasteiger partial charge in [0.05, 0.1) is 0 Å². The van der Waals surface area contributed by atoms with Gasteiger partial charge in [-0.05, 0) is 18.9 Å². The standard InChI is InChI=1S/C11H20FN/c1-11(2,3)6-5-10-7-9(12)8-13(10)4/h5-6,9-10H,7-8H2,1-4H3/b6-5+/t9-,10?/m1/s1. The van der Waals surface area contributed by atoms with Crippen molar-refractivity contribution in [3.63, 3.8) is 0 Å². The fourth-order valence-electron chi connectivity index (χ4n) is 1.59. The predicted molar refractivity (Wildman–Crippen MR) is 54.5 cm³/mol. The van der Waals surface area contributed by atoms with Crippen molar-refractivity contribution in [2.45, 2.75) is 39.4 Å². The molecule has 1 aliphatic heterocycles. The first-order chi connectivity index (χ1) is 5.88. The van der Waals surface area contributed by atoms with Crippen LogP contribution in [-0.2, 0) is 0 Å². The summed E-state index contributed by atoms with van der Waals surface area (Å²) in [6, 6.07) is 0.300. The van der Waals surface area contributed by atoms with Crippen LogP contribution in [0.3, 0.4) is 0 Å². The van der Waals surface area contributed by atoms with Crippen molar-refractivity contribution in [1.82, 2.24) is 4.90 Å². The molecule has 0 N–H and O–H groups in total. The molecule has 0 aromatic rings. The highest BCUT2D eigenvalue weighted by molar-refractivity contribution is 5.03. The minimum Gasteiger partial charge on any atom is -0.297 e. The highest BCUT2D eigenvalue weighted by Gasteiger charge is 2.27. The highest BCUT2D eigenvalue weighted by Crippen LogP contribution is 2.22. The van der Waals surface area contributed by atoms with Gasteiger partial charge in [-0.15, -0.1) is 0 Å². The van der Waals surface area contributed by atoms with E-state index in [1.807, 2.05) is 7.05 Å². The summed E-state index contributed by atoms with van der Waals surface area (Å²) in [5, 5.41) is 0. The second-order valence-corrected chi connectivity index (χ2v) is 5.07. The zero-order valence-electron chi connectivity index (χ0n) is 9.05. The third kappa shape index (κ3) is 3.47. The van der Waals surface area contributed by atoms with Gasteiger partial charge in [0.2, 0.25) is 0 Å². The lowest BCUT2D eigenvalue weighted by Gasteiger charge is -2.17. The van der Waals surface area contributed by atoms with Gasteiger partial charge in [-0.2, -0.15) is 0 Å². The predicted octanol–water partition coefficient (Wildman–Crippen LogP) is 2.63. The van der Waals surface area contributed by atoms with Crippen LogP contribution >= 0.6 is 0 Å². The molecule has 0 spiro atoms. The van der Waals surface area contributed by atoms with E-state index in [4.69, 9.17) is 0 Å². The van der Waals surface area contributed by atoms with E-state index in [0.29, 0.717) is 19.0 Å². The van der Waals surface area contributed by atoms with Gasteiger partial charge in [0.25, 0.3) is 0 Å². The molecule has 1 nitrogen and oxygen atoms in total. The van der Waals surface area contributed by atoms with Gasteiger partial charge >= 0.3 is 0 Å². The number of halogens is 1. The maximum Gasteiger partial charge on any atom is 0.115 e. The van der Waals surface area contributed by atoms with Crippen molar-refractivity contribution < 1.29 is 4.39 Å². The zero-order valence-corrected chi connectivity index (χ0v) is 9.05.